The first-order valence-electron chi connectivity index (χ1n) is 9.28. The lowest BCUT2D eigenvalue weighted by molar-refractivity contribution is -0.129. The number of halogens is 1. The van der Waals surface area contributed by atoms with Gasteiger partial charge in [-0.25, -0.2) is 9.18 Å². The molecule has 29 heavy (non-hydrogen) atoms. The van der Waals surface area contributed by atoms with E-state index in [9.17, 15) is 14.0 Å². The van der Waals surface area contributed by atoms with E-state index in [-0.39, 0.29) is 5.82 Å². The van der Waals surface area contributed by atoms with E-state index < -0.39 is 18.0 Å². The van der Waals surface area contributed by atoms with E-state index in [0.29, 0.717) is 29.7 Å². The van der Waals surface area contributed by atoms with Crippen LogP contribution in [-0.2, 0) is 16.0 Å². The van der Waals surface area contributed by atoms with E-state index in [4.69, 9.17) is 9.47 Å². The van der Waals surface area contributed by atoms with Gasteiger partial charge in [0, 0.05) is 11.9 Å². The van der Waals surface area contributed by atoms with Gasteiger partial charge < -0.3 is 14.8 Å². The molecular formula is C23H22FNO4. The van der Waals surface area contributed by atoms with Gasteiger partial charge in [-0.05, 0) is 48.6 Å². The van der Waals surface area contributed by atoms with Crippen LogP contribution in [0.15, 0.2) is 60.7 Å². The highest BCUT2D eigenvalue weighted by atomic mass is 19.1. The Morgan fingerprint density at radius 3 is 2.38 bits per heavy atom. The van der Waals surface area contributed by atoms with E-state index in [1.165, 1.54) is 19.1 Å². The molecule has 0 aliphatic heterocycles. The summed E-state index contributed by atoms with van der Waals surface area (Å²) in [7, 11) is 1.57. The summed E-state index contributed by atoms with van der Waals surface area (Å²) < 4.78 is 23.6. The normalized spacial score (nSPS) is 11.7. The predicted octanol–water partition coefficient (Wildman–Crippen LogP) is 3.89. The molecule has 1 amide bonds. The maximum atomic E-state index is 12.9. The summed E-state index contributed by atoms with van der Waals surface area (Å²) in [6.07, 6.45) is -0.396. The molecule has 5 nitrogen and oxygen atoms in total. The van der Waals surface area contributed by atoms with Crippen molar-refractivity contribution in [3.63, 3.8) is 0 Å². The Kier molecular flexibility index (Phi) is 6.44. The first-order chi connectivity index (χ1) is 14.0. The van der Waals surface area contributed by atoms with E-state index in [1.807, 2.05) is 24.3 Å². The van der Waals surface area contributed by atoms with Crippen LogP contribution in [0.25, 0.3) is 10.8 Å². The number of methoxy groups -OCH3 is 1. The van der Waals surface area contributed by atoms with Gasteiger partial charge in [0.05, 0.1) is 12.7 Å². The third kappa shape index (κ3) is 4.90. The molecule has 0 radical (unpaired) electrons. The summed E-state index contributed by atoms with van der Waals surface area (Å²) in [6, 6.07) is 16.8. The van der Waals surface area contributed by atoms with Crippen molar-refractivity contribution in [2.75, 3.05) is 13.7 Å². The molecule has 0 saturated heterocycles. The van der Waals surface area contributed by atoms with Crippen LogP contribution in [0.2, 0.25) is 0 Å². The number of nitrogens with one attached hydrogen (secondary N) is 1. The van der Waals surface area contributed by atoms with E-state index in [0.717, 1.165) is 10.9 Å². The number of amides is 1. The molecule has 150 valence electrons. The molecule has 1 atom stereocenters. The quantitative estimate of drug-likeness (QED) is 0.617. The highest BCUT2D eigenvalue weighted by Crippen LogP contribution is 2.28. The Morgan fingerprint density at radius 2 is 1.69 bits per heavy atom. The SMILES string of the molecule is COc1ccc(C(=O)O[C@@H](C)C(=O)NCCc2ccc(F)cc2)c2ccccc12. The number of benzene rings is 3. The fraction of sp³-hybridized carbons (Fsp3) is 0.217. The second-order valence-corrected chi connectivity index (χ2v) is 6.58. The molecule has 3 aromatic rings. The topological polar surface area (TPSA) is 64.6 Å². The Morgan fingerprint density at radius 1 is 1.00 bits per heavy atom. The molecule has 1 N–H and O–H groups in total. The van der Waals surface area contributed by atoms with Crippen molar-refractivity contribution < 1.29 is 23.5 Å². The molecule has 0 unspecified atom stereocenters. The molecule has 0 spiro atoms. The minimum Gasteiger partial charge on any atom is -0.496 e. The highest BCUT2D eigenvalue weighted by molar-refractivity contribution is 6.06. The fourth-order valence-electron chi connectivity index (χ4n) is 3.03. The average molecular weight is 395 g/mol. The molecular weight excluding hydrogens is 373 g/mol. The first-order valence-corrected chi connectivity index (χ1v) is 9.28. The maximum absolute atomic E-state index is 12.9. The minimum atomic E-state index is -0.948. The second kappa shape index (κ2) is 9.19. The second-order valence-electron chi connectivity index (χ2n) is 6.58. The minimum absolute atomic E-state index is 0.302. The lowest BCUT2D eigenvalue weighted by atomic mass is 10.0. The fourth-order valence-corrected chi connectivity index (χ4v) is 3.03. The van der Waals surface area contributed by atoms with Gasteiger partial charge in [-0.3, -0.25) is 4.79 Å². The van der Waals surface area contributed by atoms with Gasteiger partial charge in [-0.1, -0.05) is 36.4 Å². The van der Waals surface area contributed by atoms with Crippen LogP contribution < -0.4 is 10.1 Å². The molecule has 0 saturated carbocycles. The number of fused-ring (bicyclic) bond motifs is 1. The number of esters is 1. The van der Waals surface area contributed by atoms with Crippen molar-refractivity contribution in [2.45, 2.75) is 19.4 Å². The molecule has 0 aliphatic carbocycles. The molecule has 0 bridgehead atoms. The van der Waals surface area contributed by atoms with Gasteiger partial charge in [0.2, 0.25) is 0 Å². The summed E-state index contributed by atoms with van der Waals surface area (Å²) >= 11 is 0. The summed E-state index contributed by atoms with van der Waals surface area (Å²) in [4.78, 5) is 24.9. The molecule has 0 aliphatic rings. The summed E-state index contributed by atoms with van der Waals surface area (Å²) in [5.74, 6) is -0.614. The summed E-state index contributed by atoms with van der Waals surface area (Å²) in [5, 5.41) is 4.22. The lowest BCUT2D eigenvalue weighted by Gasteiger charge is -2.15. The van der Waals surface area contributed by atoms with Crippen molar-refractivity contribution in [1.29, 1.82) is 0 Å². The van der Waals surface area contributed by atoms with Crippen LogP contribution >= 0.6 is 0 Å². The summed E-state index contributed by atoms with van der Waals surface area (Å²) in [5.41, 5.74) is 1.27. The van der Waals surface area contributed by atoms with Gasteiger partial charge in [-0.2, -0.15) is 0 Å². The zero-order valence-electron chi connectivity index (χ0n) is 16.3. The number of ether oxygens (including phenoxy) is 2. The van der Waals surface area contributed by atoms with Crippen LogP contribution in [0, 0.1) is 5.82 Å². The van der Waals surface area contributed by atoms with Crippen molar-refractivity contribution in [2.24, 2.45) is 0 Å². The Bertz CT molecular complexity index is 1020. The Balaban J connectivity index is 1.60. The molecule has 3 rings (SSSR count). The van der Waals surface area contributed by atoms with Crippen molar-refractivity contribution in [3.05, 3.63) is 77.6 Å². The number of hydrogen-bond donors (Lipinski definition) is 1. The smallest absolute Gasteiger partial charge is 0.339 e. The summed E-state index contributed by atoms with van der Waals surface area (Å²) in [6.45, 7) is 1.88. The molecule has 0 fully saturated rings. The number of rotatable bonds is 7. The Hall–Kier alpha value is -3.41. The maximum Gasteiger partial charge on any atom is 0.339 e. The van der Waals surface area contributed by atoms with Crippen LogP contribution in [0.4, 0.5) is 4.39 Å². The average Bonchev–Trinajstić information content (AvgIpc) is 2.74. The Labute approximate surface area is 168 Å². The van der Waals surface area contributed by atoms with Crippen LogP contribution in [-0.4, -0.2) is 31.6 Å². The van der Waals surface area contributed by atoms with Crippen molar-refractivity contribution in [1.82, 2.24) is 5.32 Å². The number of hydrogen-bond acceptors (Lipinski definition) is 4. The zero-order chi connectivity index (χ0) is 20.8. The standard InChI is InChI=1S/C23H22FNO4/c1-15(22(26)25-14-13-16-7-9-17(24)10-8-16)29-23(27)20-11-12-21(28-2)19-6-4-3-5-18(19)20/h3-12,15H,13-14H2,1-2H3,(H,25,26)/t15-/m0/s1. The van der Waals surface area contributed by atoms with E-state index >= 15 is 0 Å². The van der Waals surface area contributed by atoms with Gasteiger partial charge in [0.1, 0.15) is 11.6 Å². The first kappa shape index (κ1) is 20.3. The van der Waals surface area contributed by atoms with Crippen LogP contribution in [0.5, 0.6) is 5.75 Å². The third-order valence-electron chi connectivity index (χ3n) is 4.60. The highest BCUT2D eigenvalue weighted by Gasteiger charge is 2.20. The van der Waals surface area contributed by atoms with E-state index in [1.54, 1.807) is 31.4 Å². The molecule has 6 heteroatoms. The largest absolute Gasteiger partial charge is 0.496 e. The lowest BCUT2D eigenvalue weighted by Crippen LogP contribution is -2.36. The van der Waals surface area contributed by atoms with Crippen LogP contribution in [0.3, 0.4) is 0 Å². The number of carbonyl (C=O) groups is 2. The van der Waals surface area contributed by atoms with Crippen molar-refractivity contribution >= 4 is 22.6 Å². The third-order valence-corrected chi connectivity index (χ3v) is 4.60. The van der Waals surface area contributed by atoms with E-state index in [2.05, 4.69) is 5.32 Å². The van der Waals surface area contributed by atoms with Crippen LogP contribution in [0.1, 0.15) is 22.8 Å². The van der Waals surface area contributed by atoms with Gasteiger partial charge in [-0.15, -0.1) is 0 Å². The predicted molar refractivity (Wildman–Crippen MR) is 108 cm³/mol. The molecule has 0 aromatic heterocycles. The molecule has 3 aromatic carbocycles. The van der Waals surface area contributed by atoms with Gasteiger partial charge in [0.25, 0.3) is 5.91 Å². The monoisotopic (exact) mass is 395 g/mol. The number of carbonyl (C=O) groups excluding carboxylic acids is 2. The zero-order valence-corrected chi connectivity index (χ0v) is 16.3. The van der Waals surface area contributed by atoms with Crippen molar-refractivity contribution in [3.8, 4) is 5.75 Å². The molecule has 0 heterocycles. The van der Waals surface area contributed by atoms with Gasteiger partial charge >= 0.3 is 5.97 Å². The van der Waals surface area contributed by atoms with Gasteiger partial charge in [0.15, 0.2) is 6.10 Å².